The van der Waals surface area contributed by atoms with Gasteiger partial charge in [0.1, 0.15) is 18.4 Å². The summed E-state index contributed by atoms with van der Waals surface area (Å²) in [6.07, 6.45) is 5.64. The van der Waals surface area contributed by atoms with Gasteiger partial charge in [-0.15, -0.1) is 0 Å². The molecule has 4 nitrogen and oxygen atoms in total. The molecular weight excluding hydrogens is 254 g/mol. The summed E-state index contributed by atoms with van der Waals surface area (Å²) in [5.74, 6) is -0.0911. The van der Waals surface area contributed by atoms with Gasteiger partial charge in [0.2, 0.25) is 0 Å². The number of rotatable bonds is 7. The molecule has 0 bridgehead atoms. The van der Waals surface area contributed by atoms with Crippen molar-refractivity contribution < 1.29 is 14.6 Å². The van der Waals surface area contributed by atoms with E-state index >= 15 is 0 Å². The molecule has 0 saturated heterocycles. The normalized spacial score (nSPS) is 15.4. The van der Waals surface area contributed by atoms with E-state index in [0.717, 1.165) is 25.0 Å². The molecule has 1 aliphatic rings. The maximum Gasteiger partial charge on any atom is 0.324 e. The van der Waals surface area contributed by atoms with Gasteiger partial charge in [0.15, 0.2) is 0 Å². The lowest BCUT2D eigenvalue weighted by Crippen LogP contribution is -2.41. The van der Waals surface area contributed by atoms with Crippen LogP contribution in [0.2, 0.25) is 0 Å². The number of carboxylic acids is 1. The lowest BCUT2D eigenvalue weighted by Gasteiger charge is -2.18. The van der Waals surface area contributed by atoms with Gasteiger partial charge in [-0.2, -0.15) is 0 Å². The highest BCUT2D eigenvalue weighted by Gasteiger charge is 2.17. The maximum atomic E-state index is 11.1. The van der Waals surface area contributed by atoms with Crippen LogP contribution < -0.4 is 10.1 Å². The standard InChI is InChI=1S/C16H23NO3/c1-2-9-17-15(16(18)19)11-20-14-8-7-12-5-3-4-6-13(12)10-14/h7-8,10,15,17H,2-6,9,11H2,1H3,(H,18,19). The highest BCUT2D eigenvalue weighted by atomic mass is 16.5. The second-order valence-electron chi connectivity index (χ2n) is 5.29. The third-order valence-electron chi connectivity index (χ3n) is 3.68. The second-order valence-corrected chi connectivity index (χ2v) is 5.29. The van der Waals surface area contributed by atoms with E-state index in [1.165, 1.54) is 24.0 Å². The maximum absolute atomic E-state index is 11.1. The number of aryl methyl sites for hydroxylation is 2. The molecule has 2 rings (SSSR count). The summed E-state index contributed by atoms with van der Waals surface area (Å²) in [5.41, 5.74) is 2.75. The molecule has 1 aromatic carbocycles. The molecule has 0 radical (unpaired) electrons. The first-order valence-electron chi connectivity index (χ1n) is 7.41. The first-order chi connectivity index (χ1) is 9.70. The van der Waals surface area contributed by atoms with Crippen LogP contribution in [0.1, 0.15) is 37.3 Å². The van der Waals surface area contributed by atoms with E-state index in [-0.39, 0.29) is 6.61 Å². The van der Waals surface area contributed by atoms with Crippen molar-refractivity contribution in [1.82, 2.24) is 5.32 Å². The van der Waals surface area contributed by atoms with E-state index < -0.39 is 12.0 Å². The molecule has 0 amide bonds. The Balaban J connectivity index is 1.93. The number of fused-ring (bicyclic) bond motifs is 1. The Morgan fingerprint density at radius 2 is 2.10 bits per heavy atom. The summed E-state index contributed by atoms with van der Waals surface area (Å²) in [5, 5.41) is 12.1. The zero-order chi connectivity index (χ0) is 14.4. The van der Waals surface area contributed by atoms with E-state index in [9.17, 15) is 4.79 Å². The van der Waals surface area contributed by atoms with Crippen molar-refractivity contribution in [2.24, 2.45) is 0 Å². The van der Waals surface area contributed by atoms with Gasteiger partial charge in [-0.3, -0.25) is 4.79 Å². The third kappa shape index (κ3) is 3.97. The summed E-state index contributed by atoms with van der Waals surface area (Å²) < 4.78 is 5.65. The van der Waals surface area contributed by atoms with E-state index in [0.29, 0.717) is 6.54 Å². The molecule has 20 heavy (non-hydrogen) atoms. The van der Waals surface area contributed by atoms with Gasteiger partial charge in [-0.05, 0) is 61.9 Å². The topological polar surface area (TPSA) is 58.6 Å². The molecule has 110 valence electrons. The van der Waals surface area contributed by atoms with Crippen molar-refractivity contribution in [3.63, 3.8) is 0 Å². The fourth-order valence-electron chi connectivity index (χ4n) is 2.52. The minimum atomic E-state index is -0.864. The predicted molar refractivity (Wildman–Crippen MR) is 78.3 cm³/mol. The Morgan fingerprint density at radius 3 is 2.80 bits per heavy atom. The van der Waals surface area contributed by atoms with Crippen molar-refractivity contribution >= 4 is 5.97 Å². The number of hydrogen-bond acceptors (Lipinski definition) is 3. The van der Waals surface area contributed by atoms with Crippen LogP contribution in [0.25, 0.3) is 0 Å². The zero-order valence-electron chi connectivity index (χ0n) is 12.0. The molecule has 4 heteroatoms. The molecule has 1 aromatic rings. The Bertz CT molecular complexity index is 459. The van der Waals surface area contributed by atoms with Crippen LogP contribution >= 0.6 is 0 Å². The van der Waals surface area contributed by atoms with Crippen LogP contribution in [-0.2, 0) is 17.6 Å². The Kier molecular flexibility index (Phi) is 5.41. The summed E-state index contributed by atoms with van der Waals surface area (Å²) >= 11 is 0. The van der Waals surface area contributed by atoms with Gasteiger partial charge in [-0.25, -0.2) is 0 Å². The largest absolute Gasteiger partial charge is 0.491 e. The number of carboxylic acid groups (broad SMARTS) is 1. The molecule has 0 heterocycles. The van der Waals surface area contributed by atoms with Crippen LogP contribution in [0, 0.1) is 0 Å². The first kappa shape index (κ1) is 14.9. The monoisotopic (exact) mass is 277 g/mol. The fourth-order valence-corrected chi connectivity index (χ4v) is 2.52. The number of hydrogen-bond donors (Lipinski definition) is 2. The molecular formula is C16H23NO3. The average Bonchev–Trinajstić information content (AvgIpc) is 2.46. The van der Waals surface area contributed by atoms with E-state index in [1.807, 2.05) is 13.0 Å². The molecule has 0 aromatic heterocycles. The Hall–Kier alpha value is -1.55. The zero-order valence-corrected chi connectivity index (χ0v) is 12.0. The number of nitrogens with one attached hydrogen (secondary N) is 1. The van der Waals surface area contributed by atoms with Gasteiger partial charge in [-0.1, -0.05) is 13.0 Å². The van der Waals surface area contributed by atoms with Crippen molar-refractivity contribution in [2.75, 3.05) is 13.2 Å². The molecule has 1 aliphatic carbocycles. The van der Waals surface area contributed by atoms with Gasteiger partial charge in [0.05, 0.1) is 0 Å². The molecule has 1 unspecified atom stereocenters. The van der Waals surface area contributed by atoms with Crippen LogP contribution in [-0.4, -0.2) is 30.3 Å². The van der Waals surface area contributed by atoms with Gasteiger partial charge in [0, 0.05) is 0 Å². The second kappa shape index (κ2) is 7.29. The summed E-state index contributed by atoms with van der Waals surface area (Å²) in [6, 6.07) is 5.47. The predicted octanol–water partition coefficient (Wildman–Crippen LogP) is 2.40. The molecule has 0 aliphatic heterocycles. The average molecular weight is 277 g/mol. The fraction of sp³-hybridized carbons (Fsp3) is 0.562. The van der Waals surface area contributed by atoms with Crippen molar-refractivity contribution in [1.29, 1.82) is 0 Å². The molecule has 0 spiro atoms. The molecule has 0 saturated carbocycles. The number of aliphatic carboxylic acids is 1. The number of ether oxygens (including phenoxy) is 1. The highest BCUT2D eigenvalue weighted by molar-refractivity contribution is 5.73. The summed E-state index contributed by atoms with van der Waals surface area (Å²) in [6.45, 7) is 2.86. The van der Waals surface area contributed by atoms with Crippen molar-refractivity contribution in [3.8, 4) is 5.75 Å². The lowest BCUT2D eigenvalue weighted by molar-refractivity contribution is -0.140. The summed E-state index contributed by atoms with van der Waals surface area (Å²) in [7, 11) is 0. The third-order valence-corrected chi connectivity index (χ3v) is 3.68. The number of carbonyl (C=O) groups is 1. The smallest absolute Gasteiger partial charge is 0.324 e. The van der Waals surface area contributed by atoms with E-state index in [4.69, 9.17) is 9.84 Å². The minimum absolute atomic E-state index is 0.161. The number of benzene rings is 1. The van der Waals surface area contributed by atoms with Crippen LogP contribution in [0.3, 0.4) is 0 Å². The van der Waals surface area contributed by atoms with Crippen LogP contribution in [0.5, 0.6) is 5.75 Å². The van der Waals surface area contributed by atoms with Gasteiger partial charge >= 0.3 is 5.97 Å². The quantitative estimate of drug-likeness (QED) is 0.803. The van der Waals surface area contributed by atoms with Crippen molar-refractivity contribution in [2.45, 2.75) is 45.1 Å². The SMILES string of the molecule is CCCNC(COc1ccc2c(c1)CCCC2)C(=O)O. The minimum Gasteiger partial charge on any atom is -0.491 e. The molecule has 1 atom stereocenters. The molecule has 2 N–H and O–H groups in total. The molecule has 0 fully saturated rings. The van der Waals surface area contributed by atoms with Gasteiger partial charge in [0.25, 0.3) is 0 Å². The van der Waals surface area contributed by atoms with E-state index in [1.54, 1.807) is 0 Å². The highest BCUT2D eigenvalue weighted by Crippen LogP contribution is 2.25. The van der Waals surface area contributed by atoms with E-state index in [2.05, 4.69) is 17.4 Å². The van der Waals surface area contributed by atoms with Crippen molar-refractivity contribution in [3.05, 3.63) is 29.3 Å². The first-order valence-corrected chi connectivity index (χ1v) is 7.41. The Morgan fingerprint density at radius 1 is 1.35 bits per heavy atom. The van der Waals surface area contributed by atoms with Crippen LogP contribution in [0.15, 0.2) is 18.2 Å². The Labute approximate surface area is 120 Å². The lowest BCUT2D eigenvalue weighted by atomic mass is 9.92. The van der Waals surface area contributed by atoms with Crippen LogP contribution in [0.4, 0.5) is 0 Å². The van der Waals surface area contributed by atoms with Gasteiger partial charge < -0.3 is 15.2 Å². The summed E-state index contributed by atoms with van der Waals surface area (Å²) in [4.78, 5) is 11.1.